The highest BCUT2D eigenvalue weighted by Gasteiger charge is 2.13. The van der Waals surface area contributed by atoms with Crippen LogP contribution >= 0.6 is 0 Å². The fourth-order valence-electron chi connectivity index (χ4n) is 2.01. The van der Waals surface area contributed by atoms with Crippen molar-refractivity contribution in [2.45, 2.75) is 4.90 Å². The molecule has 0 aliphatic carbocycles. The van der Waals surface area contributed by atoms with Gasteiger partial charge in [-0.1, -0.05) is 18.2 Å². The molecule has 0 bridgehead atoms. The zero-order chi connectivity index (χ0) is 12.8. The van der Waals surface area contributed by atoms with Crippen LogP contribution in [0.2, 0.25) is 0 Å². The molecule has 5 nitrogen and oxygen atoms in total. The Bertz CT molecular complexity index is 859. The van der Waals surface area contributed by atoms with E-state index in [1.807, 2.05) is 0 Å². The lowest BCUT2D eigenvalue weighted by atomic mass is 10.1. The van der Waals surface area contributed by atoms with Crippen molar-refractivity contribution >= 4 is 31.8 Å². The smallest absolute Gasteiger partial charge is 0.238 e. The van der Waals surface area contributed by atoms with Crippen LogP contribution in [0.15, 0.2) is 47.6 Å². The van der Waals surface area contributed by atoms with Gasteiger partial charge in [-0.2, -0.15) is 0 Å². The monoisotopic (exact) mass is 259 g/mol. The van der Waals surface area contributed by atoms with E-state index in [0.29, 0.717) is 10.9 Å². The van der Waals surface area contributed by atoms with Gasteiger partial charge in [0.2, 0.25) is 10.0 Å². The number of rotatable bonds is 1. The number of primary sulfonamides is 1. The zero-order valence-corrected chi connectivity index (χ0v) is 10.1. The average Bonchev–Trinajstić information content (AvgIpc) is 2.36. The van der Waals surface area contributed by atoms with Crippen molar-refractivity contribution in [3.05, 3.63) is 42.7 Å². The molecule has 1 heterocycles. The number of aromatic nitrogens is 2. The molecule has 0 unspecified atom stereocenters. The van der Waals surface area contributed by atoms with E-state index < -0.39 is 10.0 Å². The maximum Gasteiger partial charge on any atom is 0.238 e. The zero-order valence-electron chi connectivity index (χ0n) is 9.24. The van der Waals surface area contributed by atoms with Gasteiger partial charge in [-0.25, -0.2) is 13.6 Å². The summed E-state index contributed by atoms with van der Waals surface area (Å²) in [6.07, 6.45) is 3.17. The quantitative estimate of drug-likeness (QED) is 0.670. The Balaban J connectivity index is 2.56. The van der Waals surface area contributed by atoms with Crippen LogP contribution in [-0.4, -0.2) is 18.4 Å². The van der Waals surface area contributed by atoms with Crippen molar-refractivity contribution in [3.8, 4) is 0 Å². The third-order valence-electron chi connectivity index (χ3n) is 2.76. The summed E-state index contributed by atoms with van der Waals surface area (Å²) >= 11 is 0. The van der Waals surface area contributed by atoms with E-state index >= 15 is 0 Å². The number of nitrogens with zero attached hydrogens (tertiary/aromatic N) is 2. The Morgan fingerprint density at radius 3 is 2.50 bits per heavy atom. The van der Waals surface area contributed by atoms with Gasteiger partial charge >= 0.3 is 0 Å². The minimum Gasteiger partial charge on any atom is -0.253 e. The van der Waals surface area contributed by atoms with Gasteiger partial charge in [0, 0.05) is 23.2 Å². The van der Waals surface area contributed by atoms with Crippen molar-refractivity contribution in [2.24, 2.45) is 5.14 Å². The van der Waals surface area contributed by atoms with Crippen LogP contribution in [0.25, 0.3) is 21.8 Å². The largest absolute Gasteiger partial charge is 0.253 e. The van der Waals surface area contributed by atoms with Crippen molar-refractivity contribution in [1.82, 2.24) is 9.97 Å². The first-order valence-corrected chi connectivity index (χ1v) is 6.77. The second-order valence-corrected chi connectivity index (χ2v) is 5.42. The summed E-state index contributed by atoms with van der Waals surface area (Å²) in [4.78, 5) is 8.52. The van der Waals surface area contributed by atoms with Gasteiger partial charge in [0.25, 0.3) is 0 Å². The number of sulfonamides is 1. The summed E-state index contributed by atoms with van der Waals surface area (Å²) in [5, 5.41) is 6.49. The fraction of sp³-hybridized carbons (Fsp3) is 0. The van der Waals surface area contributed by atoms with Crippen LogP contribution in [0.5, 0.6) is 0 Å². The third kappa shape index (κ3) is 1.62. The minimum absolute atomic E-state index is 0.104. The third-order valence-corrected chi connectivity index (χ3v) is 3.73. The van der Waals surface area contributed by atoms with Crippen LogP contribution in [0, 0.1) is 0 Å². The molecule has 2 aromatic carbocycles. The fourth-order valence-corrected chi connectivity index (χ4v) is 2.76. The molecule has 0 aliphatic heterocycles. The molecule has 0 radical (unpaired) electrons. The highest BCUT2D eigenvalue weighted by atomic mass is 32.2. The summed E-state index contributed by atoms with van der Waals surface area (Å²) < 4.78 is 23.0. The normalized spacial score (nSPS) is 12.1. The van der Waals surface area contributed by atoms with Gasteiger partial charge in [0.1, 0.15) is 0 Å². The SMILES string of the molecule is NS(=O)(=O)c1cccc2c1ccc1nccnc12. The molecule has 0 aliphatic rings. The van der Waals surface area contributed by atoms with Gasteiger partial charge in [-0.3, -0.25) is 9.97 Å². The first-order valence-electron chi connectivity index (χ1n) is 5.22. The Morgan fingerprint density at radius 1 is 0.944 bits per heavy atom. The number of hydrogen-bond acceptors (Lipinski definition) is 4. The Morgan fingerprint density at radius 2 is 1.72 bits per heavy atom. The predicted octanol–water partition coefficient (Wildman–Crippen LogP) is 1.43. The highest BCUT2D eigenvalue weighted by Crippen LogP contribution is 2.26. The van der Waals surface area contributed by atoms with Crippen LogP contribution in [-0.2, 0) is 10.0 Å². The molecule has 0 saturated heterocycles. The Hall–Kier alpha value is -2.05. The molecule has 2 N–H and O–H groups in total. The van der Waals surface area contributed by atoms with E-state index in [0.717, 1.165) is 10.9 Å². The summed E-state index contributed by atoms with van der Waals surface area (Å²) in [6, 6.07) is 8.38. The lowest BCUT2D eigenvalue weighted by Gasteiger charge is -2.06. The molecule has 3 aromatic rings. The summed E-state index contributed by atoms with van der Waals surface area (Å²) in [6.45, 7) is 0. The molecule has 18 heavy (non-hydrogen) atoms. The number of fused-ring (bicyclic) bond motifs is 3. The molecule has 3 rings (SSSR count). The second-order valence-electron chi connectivity index (χ2n) is 3.89. The maximum absolute atomic E-state index is 11.5. The van der Waals surface area contributed by atoms with E-state index in [9.17, 15) is 8.42 Å². The van der Waals surface area contributed by atoms with Gasteiger partial charge in [-0.05, 0) is 12.1 Å². The first kappa shape index (κ1) is 11.1. The lowest BCUT2D eigenvalue weighted by molar-refractivity contribution is 0.598. The minimum atomic E-state index is -3.75. The molecule has 0 atom stereocenters. The molecular weight excluding hydrogens is 250 g/mol. The van der Waals surface area contributed by atoms with E-state index in [-0.39, 0.29) is 4.90 Å². The second kappa shape index (κ2) is 3.72. The Labute approximate surface area is 103 Å². The standard InChI is InChI=1S/C12H9N3O2S/c13-18(16,17)11-3-1-2-9-8(11)4-5-10-12(9)15-7-6-14-10/h1-7H,(H2,13,16,17). The molecule has 0 fully saturated rings. The molecular formula is C12H9N3O2S. The van der Waals surface area contributed by atoms with E-state index in [1.54, 1.807) is 36.7 Å². The van der Waals surface area contributed by atoms with Crippen molar-refractivity contribution < 1.29 is 8.42 Å². The van der Waals surface area contributed by atoms with Crippen LogP contribution in [0.3, 0.4) is 0 Å². The molecule has 0 saturated carbocycles. The molecule has 0 amide bonds. The average molecular weight is 259 g/mol. The summed E-state index contributed by atoms with van der Waals surface area (Å²) in [5.41, 5.74) is 1.39. The van der Waals surface area contributed by atoms with E-state index in [2.05, 4.69) is 9.97 Å². The summed E-state index contributed by atoms with van der Waals surface area (Å²) in [7, 11) is -3.75. The number of nitrogens with two attached hydrogens (primary N) is 1. The molecule has 1 aromatic heterocycles. The first-order chi connectivity index (χ1) is 8.57. The number of hydrogen-bond donors (Lipinski definition) is 1. The molecule has 90 valence electrons. The Kier molecular flexibility index (Phi) is 2.29. The van der Waals surface area contributed by atoms with Crippen molar-refractivity contribution in [2.75, 3.05) is 0 Å². The van der Waals surface area contributed by atoms with E-state index in [1.165, 1.54) is 6.07 Å². The summed E-state index contributed by atoms with van der Waals surface area (Å²) in [5.74, 6) is 0. The van der Waals surface area contributed by atoms with Crippen molar-refractivity contribution in [1.29, 1.82) is 0 Å². The van der Waals surface area contributed by atoms with Crippen molar-refractivity contribution in [3.63, 3.8) is 0 Å². The maximum atomic E-state index is 11.5. The van der Waals surface area contributed by atoms with Gasteiger partial charge in [-0.15, -0.1) is 0 Å². The van der Waals surface area contributed by atoms with Crippen LogP contribution in [0.1, 0.15) is 0 Å². The number of benzene rings is 2. The van der Waals surface area contributed by atoms with Crippen LogP contribution < -0.4 is 5.14 Å². The highest BCUT2D eigenvalue weighted by molar-refractivity contribution is 7.89. The topological polar surface area (TPSA) is 85.9 Å². The molecule has 0 spiro atoms. The lowest BCUT2D eigenvalue weighted by Crippen LogP contribution is -2.12. The van der Waals surface area contributed by atoms with Crippen LogP contribution in [0.4, 0.5) is 0 Å². The van der Waals surface area contributed by atoms with Gasteiger partial charge < -0.3 is 0 Å². The van der Waals surface area contributed by atoms with Gasteiger partial charge in [0.05, 0.1) is 15.9 Å². The molecule has 6 heteroatoms. The van der Waals surface area contributed by atoms with Gasteiger partial charge in [0.15, 0.2) is 0 Å². The van der Waals surface area contributed by atoms with E-state index in [4.69, 9.17) is 5.14 Å². The predicted molar refractivity (Wildman–Crippen MR) is 68.4 cm³/mol.